The molecule has 1 fully saturated rings. The fraction of sp³-hybridized carbons (Fsp3) is 0.333. The first-order valence-corrected chi connectivity index (χ1v) is 12.2. The van der Waals surface area contributed by atoms with Gasteiger partial charge in [-0.15, -0.1) is 0 Å². The minimum absolute atomic E-state index is 0.195. The lowest BCUT2D eigenvalue weighted by Gasteiger charge is -2.35. The van der Waals surface area contributed by atoms with Crippen molar-refractivity contribution in [3.63, 3.8) is 0 Å². The van der Waals surface area contributed by atoms with E-state index in [0.717, 1.165) is 45.6 Å². The van der Waals surface area contributed by atoms with E-state index in [1.165, 1.54) is 39.1 Å². The van der Waals surface area contributed by atoms with Crippen LogP contribution < -0.4 is 4.90 Å². The van der Waals surface area contributed by atoms with Gasteiger partial charge in [-0.2, -0.15) is 0 Å². The third-order valence-corrected chi connectivity index (χ3v) is 6.69. The molecule has 0 spiro atoms. The van der Waals surface area contributed by atoms with Gasteiger partial charge >= 0.3 is 0 Å². The van der Waals surface area contributed by atoms with Crippen LogP contribution in [0.2, 0.25) is 0 Å². The van der Waals surface area contributed by atoms with E-state index in [4.69, 9.17) is 0 Å². The molecule has 0 saturated carbocycles. The summed E-state index contributed by atoms with van der Waals surface area (Å²) >= 11 is 0. The highest BCUT2D eigenvalue weighted by Gasteiger charge is 2.17. The molecule has 0 bridgehead atoms. The van der Waals surface area contributed by atoms with Gasteiger partial charge in [0.2, 0.25) is 0 Å². The van der Waals surface area contributed by atoms with Crippen LogP contribution in [-0.4, -0.2) is 49.3 Å². The maximum atomic E-state index is 9.61. The summed E-state index contributed by atoms with van der Waals surface area (Å²) in [7, 11) is 0. The summed E-state index contributed by atoms with van der Waals surface area (Å²) in [6.07, 6.45) is 1.59. The first-order chi connectivity index (χ1) is 16.2. The molecular weight excluding hydrogens is 404 g/mol. The Morgan fingerprint density at radius 1 is 0.758 bits per heavy atom. The highest BCUT2D eigenvalue weighted by molar-refractivity contribution is 5.98. The Morgan fingerprint density at radius 3 is 1.94 bits per heavy atom. The van der Waals surface area contributed by atoms with Crippen LogP contribution in [0, 0.1) is 6.92 Å². The van der Waals surface area contributed by atoms with Gasteiger partial charge in [0.05, 0.1) is 0 Å². The Labute approximate surface area is 199 Å². The van der Waals surface area contributed by atoms with Crippen LogP contribution in [0.3, 0.4) is 0 Å². The number of benzene rings is 3. The number of allylic oxidation sites excluding steroid dienone is 1. The van der Waals surface area contributed by atoms with Gasteiger partial charge in [-0.05, 0) is 66.3 Å². The van der Waals surface area contributed by atoms with Crippen LogP contribution in [0.15, 0.2) is 78.9 Å². The standard InChI is InChI=1S/C30H36N2O/c1-3-31-19-21-32(22-20-31)28-17-15-27(16-18-28)30(26-13-11-24(2)12-14-26)29(10-7-23-33)25-8-5-4-6-9-25/h4-6,8-9,11-18,33H,3,7,10,19-23H2,1-2H3. The molecule has 1 heterocycles. The zero-order valence-electron chi connectivity index (χ0n) is 20.0. The topological polar surface area (TPSA) is 26.7 Å². The van der Waals surface area contributed by atoms with Crippen LogP contribution >= 0.6 is 0 Å². The fourth-order valence-electron chi connectivity index (χ4n) is 4.71. The second kappa shape index (κ2) is 11.3. The molecule has 1 saturated heterocycles. The van der Waals surface area contributed by atoms with Crippen molar-refractivity contribution >= 4 is 16.8 Å². The van der Waals surface area contributed by atoms with Crippen molar-refractivity contribution in [2.45, 2.75) is 26.7 Å². The molecule has 172 valence electrons. The van der Waals surface area contributed by atoms with E-state index in [2.05, 4.69) is 103 Å². The molecule has 1 aliphatic heterocycles. The Morgan fingerprint density at radius 2 is 1.36 bits per heavy atom. The summed E-state index contributed by atoms with van der Waals surface area (Å²) in [6, 6.07) is 28.6. The lowest BCUT2D eigenvalue weighted by molar-refractivity contribution is 0.271. The van der Waals surface area contributed by atoms with Crippen LogP contribution in [0.4, 0.5) is 5.69 Å². The summed E-state index contributed by atoms with van der Waals surface area (Å²) in [5.74, 6) is 0. The van der Waals surface area contributed by atoms with E-state index < -0.39 is 0 Å². The van der Waals surface area contributed by atoms with E-state index >= 15 is 0 Å². The molecule has 0 unspecified atom stereocenters. The van der Waals surface area contributed by atoms with Crippen LogP contribution in [-0.2, 0) is 0 Å². The number of aliphatic hydroxyl groups excluding tert-OH is 1. The van der Waals surface area contributed by atoms with Crippen molar-refractivity contribution in [3.8, 4) is 0 Å². The third kappa shape index (κ3) is 5.73. The lowest BCUT2D eigenvalue weighted by Crippen LogP contribution is -2.46. The van der Waals surface area contributed by atoms with Crippen LogP contribution in [0.1, 0.15) is 42.0 Å². The normalized spacial score (nSPS) is 15.4. The minimum Gasteiger partial charge on any atom is -0.396 e. The summed E-state index contributed by atoms with van der Waals surface area (Å²) in [4.78, 5) is 5.01. The van der Waals surface area contributed by atoms with E-state index in [0.29, 0.717) is 0 Å². The van der Waals surface area contributed by atoms with Gasteiger partial charge in [-0.3, -0.25) is 0 Å². The first kappa shape index (κ1) is 23.3. The minimum atomic E-state index is 0.195. The van der Waals surface area contributed by atoms with Gasteiger partial charge in [0.15, 0.2) is 0 Å². The number of rotatable bonds is 8. The van der Waals surface area contributed by atoms with Crippen LogP contribution in [0.25, 0.3) is 11.1 Å². The zero-order valence-corrected chi connectivity index (χ0v) is 20.0. The van der Waals surface area contributed by atoms with Crippen molar-refractivity contribution in [1.29, 1.82) is 0 Å². The molecule has 0 aliphatic carbocycles. The van der Waals surface area contributed by atoms with Crippen molar-refractivity contribution < 1.29 is 5.11 Å². The van der Waals surface area contributed by atoms with Gasteiger partial charge in [-0.25, -0.2) is 0 Å². The molecular formula is C30H36N2O. The van der Waals surface area contributed by atoms with Crippen molar-refractivity contribution in [1.82, 2.24) is 4.90 Å². The summed E-state index contributed by atoms with van der Waals surface area (Å²) < 4.78 is 0. The molecule has 0 amide bonds. The monoisotopic (exact) mass is 440 g/mol. The van der Waals surface area contributed by atoms with E-state index in [9.17, 15) is 5.11 Å². The largest absolute Gasteiger partial charge is 0.396 e. The quantitative estimate of drug-likeness (QED) is 0.444. The molecule has 1 N–H and O–H groups in total. The average molecular weight is 441 g/mol. The molecule has 3 heteroatoms. The predicted octanol–water partition coefficient (Wildman–Crippen LogP) is 5.87. The molecule has 1 aliphatic rings. The average Bonchev–Trinajstić information content (AvgIpc) is 2.88. The Kier molecular flexibility index (Phi) is 7.98. The summed E-state index contributed by atoms with van der Waals surface area (Å²) in [5, 5.41) is 9.61. The number of piperazine rings is 1. The molecule has 0 radical (unpaired) electrons. The Hall–Kier alpha value is -2.88. The predicted molar refractivity (Wildman–Crippen MR) is 141 cm³/mol. The first-order valence-electron chi connectivity index (χ1n) is 12.2. The van der Waals surface area contributed by atoms with Crippen molar-refractivity contribution in [2.24, 2.45) is 0 Å². The summed E-state index contributed by atoms with van der Waals surface area (Å²) in [6.45, 7) is 10.1. The van der Waals surface area contributed by atoms with Crippen LogP contribution in [0.5, 0.6) is 0 Å². The van der Waals surface area contributed by atoms with Crippen molar-refractivity contribution in [2.75, 3.05) is 44.2 Å². The maximum absolute atomic E-state index is 9.61. The fourth-order valence-corrected chi connectivity index (χ4v) is 4.71. The van der Waals surface area contributed by atoms with E-state index in [1.54, 1.807) is 0 Å². The molecule has 3 nitrogen and oxygen atoms in total. The third-order valence-electron chi connectivity index (χ3n) is 6.69. The number of hydrogen-bond donors (Lipinski definition) is 1. The lowest BCUT2D eigenvalue weighted by atomic mass is 9.87. The number of anilines is 1. The van der Waals surface area contributed by atoms with Crippen molar-refractivity contribution in [3.05, 3.63) is 101 Å². The molecule has 3 aromatic carbocycles. The molecule has 0 atom stereocenters. The van der Waals surface area contributed by atoms with E-state index in [1.807, 2.05) is 0 Å². The van der Waals surface area contributed by atoms with Gasteiger partial charge in [0.25, 0.3) is 0 Å². The Balaban J connectivity index is 1.75. The van der Waals surface area contributed by atoms with Gasteiger partial charge < -0.3 is 14.9 Å². The second-order valence-electron chi connectivity index (χ2n) is 8.88. The SMILES string of the molecule is CCN1CCN(c2ccc(C(=C(CCCO)c3ccccc3)c3ccc(C)cc3)cc2)CC1. The Bertz CT molecular complexity index is 1030. The molecule has 0 aromatic heterocycles. The number of nitrogens with zero attached hydrogens (tertiary/aromatic N) is 2. The van der Waals surface area contributed by atoms with E-state index in [-0.39, 0.29) is 6.61 Å². The van der Waals surface area contributed by atoms with Gasteiger partial charge in [-0.1, -0.05) is 79.2 Å². The summed E-state index contributed by atoms with van der Waals surface area (Å²) in [5.41, 5.74) is 8.79. The second-order valence-corrected chi connectivity index (χ2v) is 8.88. The molecule has 33 heavy (non-hydrogen) atoms. The molecule has 4 rings (SSSR count). The molecule has 3 aromatic rings. The number of hydrogen-bond acceptors (Lipinski definition) is 3. The highest BCUT2D eigenvalue weighted by Crippen LogP contribution is 2.36. The highest BCUT2D eigenvalue weighted by atomic mass is 16.2. The van der Waals surface area contributed by atoms with Gasteiger partial charge in [0.1, 0.15) is 0 Å². The smallest absolute Gasteiger partial charge is 0.0434 e. The zero-order chi connectivity index (χ0) is 23.0. The number of aliphatic hydroxyl groups is 1. The van der Waals surface area contributed by atoms with Gasteiger partial charge in [0, 0.05) is 38.5 Å². The number of likely N-dealkylation sites (N-methyl/N-ethyl adjacent to an activating group) is 1. The maximum Gasteiger partial charge on any atom is 0.0434 e. The number of aryl methyl sites for hydroxylation is 1.